The zero-order chi connectivity index (χ0) is 17.0. The molecule has 25 heavy (non-hydrogen) atoms. The Morgan fingerprint density at radius 2 is 2.12 bits per heavy atom. The number of rotatable bonds is 4. The molecule has 3 saturated heterocycles. The van der Waals surface area contributed by atoms with Gasteiger partial charge in [0.2, 0.25) is 0 Å². The van der Waals surface area contributed by atoms with Crippen LogP contribution in [0.5, 0.6) is 5.75 Å². The summed E-state index contributed by atoms with van der Waals surface area (Å²) in [5.74, 6) is 0.0144. The molecule has 0 amide bonds. The van der Waals surface area contributed by atoms with E-state index in [0.717, 1.165) is 30.1 Å². The van der Waals surface area contributed by atoms with Crippen molar-refractivity contribution in [3.8, 4) is 16.3 Å². The number of piperidine rings is 1. The van der Waals surface area contributed by atoms with E-state index in [-0.39, 0.29) is 5.75 Å². The predicted molar refractivity (Wildman–Crippen MR) is 89.3 cm³/mol. The van der Waals surface area contributed by atoms with Gasteiger partial charge in [0.05, 0.1) is 5.56 Å². The molecule has 2 aromatic heterocycles. The number of hydrogen-bond donors (Lipinski definition) is 1. The molecule has 0 spiro atoms. The summed E-state index contributed by atoms with van der Waals surface area (Å²) in [6, 6.07) is 4.48. The van der Waals surface area contributed by atoms with Crippen molar-refractivity contribution >= 4 is 28.5 Å². The summed E-state index contributed by atoms with van der Waals surface area (Å²) < 4.78 is 36.1. The molecule has 3 aliphatic rings. The maximum atomic E-state index is 12.7. The normalized spacial score (nSPS) is 22.4. The van der Waals surface area contributed by atoms with Gasteiger partial charge in [0.25, 0.3) is 6.01 Å². The monoisotopic (exact) mass is 364 g/mol. The molecule has 3 aromatic rings. The highest BCUT2D eigenvalue weighted by Gasteiger charge is 2.38. The first-order chi connectivity index (χ1) is 12.2. The van der Waals surface area contributed by atoms with Crippen molar-refractivity contribution in [2.75, 3.05) is 18.0 Å². The second kappa shape index (κ2) is 5.63. The molecule has 9 heteroatoms. The number of aromatic nitrogens is 2. The Morgan fingerprint density at radius 3 is 2.80 bits per heavy atom. The number of ether oxygens (including phenoxy) is 1. The van der Waals surface area contributed by atoms with E-state index in [1.54, 1.807) is 12.3 Å². The Kier molecular flexibility index (Phi) is 3.39. The minimum atomic E-state index is -2.92. The summed E-state index contributed by atoms with van der Waals surface area (Å²) in [5.41, 5.74) is 1.45. The van der Waals surface area contributed by atoms with Crippen molar-refractivity contribution in [3.05, 3.63) is 23.7 Å². The quantitative estimate of drug-likeness (QED) is 0.768. The van der Waals surface area contributed by atoms with Crippen molar-refractivity contribution in [1.29, 1.82) is 0 Å². The van der Waals surface area contributed by atoms with Crippen LogP contribution in [-0.2, 0) is 0 Å². The van der Waals surface area contributed by atoms with Crippen molar-refractivity contribution in [3.63, 3.8) is 0 Å². The van der Waals surface area contributed by atoms with Crippen LogP contribution in [0.4, 0.5) is 14.8 Å². The number of piperazine rings is 1. The fraction of sp³-hybridized carbons (Fsp3) is 0.375. The first kappa shape index (κ1) is 15.0. The second-order valence-electron chi connectivity index (χ2n) is 6.20. The van der Waals surface area contributed by atoms with Gasteiger partial charge in [-0.25, -0.2) is 4.98 Å². The number of alkyl halides is 2. The molecule has 2 unspecified atom stereocenters. The van der Waals surface area contributed by atoms with Gasteiger partial charge in [-0.15, -0.1) is 11.3 Å². The summed E-state index contributed by atoms with van der Waals surface area (Å²) in [4.78, 5) is 10.8. The van der Waals surface area contributed by atoms with Crippen molar-refractivity contribution in [2.45, 2.75) is 25.1 Å². The zero-order valence-corrected chi connectivity index (χ0v) is 13.8. The third kappa shape index (κ3) is 2.54. The van der Waals surface area contributed by atoms with E-state index in [1.807, 2.05) is 10.3 Å². The highest BCUT2D eigenvalue weighted by Crippen LogP contribution is 2.39. The van der Waals surface area contributed by atoms with Gasteiger partial charge in [0.1, 0.15) is 5.01 Å². The average molecular weight is 364 g/mol. The van der Waals surface area contributed by atoms with E-state index in [1.165, 1.54) is 17.4 Å². The Labute approximate surface area is 145 Å². The fourth-order valence-electron chi connectivity index (χ4n) is 3.49. The highest BCUT2D eigenvalue weighted by atomic mass is 32.1. The van der Waals surface area contributed by atoms with Gasteiger partial charge < -0.3 is 19.4 Å². The molecule has 2 atom stereocenters. The summed E-state index contributed by atoms with van der Waals surface area (Å²) in [5, 5.41) is 6.04. The maximum Gasteiger partial charge on any atom is 0.387 e. The van der Waals surface area contributed by atoms with Crippen LogP contribution in [0.2, 0.25) is 0 Å². The van der Waals surface area contributed by atoms with Crippen LogP contribution in [0.1, 0.15) is 6.42 Å². The number of nitrogens with one attached hydrogen (secondary N) is 1. The molecular weight excluding hydrogens is 350 g/mol. The lowest BCUT2D eigenvalue weighted by atomic mass is 9.92. The molecule has 0 radical (unpaired) electrons. The van der Waals surface area contributed by atoms with Crippen LogP contribution in [0.15, 0.2) is 28.1 Å². The average Bonchev–Trinajstić information content (AvgIpc) is 3.24. The molecule has 130 valence electrons. The molecule has 5 heterocycles. The van der Waals surface area contributed by atoms with Gasteiger partial charge in [-0.1, -0.05) is 0 Å². The maximum absolute atomic E-state index is 12.7. The van der Waals surface area contributed by atoms with E-state index in [0.29, 0.717) is 29.2 Å². The van der Waals surface area contributed by atoms with E-state index < -0.39 is 6.61 Å². The number of anilines is 1. The van der Waals surface area contributed by atoms with E-state index >= 15 is 0 Å². The van der Waals surface area contributed by atoms with Gasteiger partial charge in [-0.05, 0) is 18.6 Å². The van der Waals surface area contributed by atoms with Gasteiger partial charge >= 0.3 is 6.61 Å². The third-order valence-corrected chi connectivity index (χ3v) is 5.37. The minimum absolute atomic E-state index is 0.0144. The number of hydrogen-bond acceptors (Lipinski definition) is 7. The smallest absolute Gasteiger partial charge is 0.387 e. The molecule has 0 saturated carbocycles. The molecule has 1 N–H and O–H groups in total. The lowest BCUT2D eigenvalue weighted by Crippen LogP contribution is -2.67. The van der Waals surface area contributed by atoms with Crippen molar-refractivity contribution < 1.29 is 17.9 Å². The summed E-state index contributed by atoms with van der Waals surface area (Å²) in [6.45, 7) is -1.33. The van der Waals surface area contributed by atoms with Crippen molar-refractivity contribution in [1.82, 2.24) is 15.3 Å². The zero-order valence-electron chi connectivity index (χ0n) is 13.0. The lowest BCUT2D eigenvalue weighted by molar-refractivity contribution is -0.0489. The lowest BCUT2D eigenvalue weighted by Gasteiger charge is -2.47. The van der Waals surface area contributed by atoms with E-state index in [9.17, 15) is 8.78 Å². The number of nitrogens with zero attached hydrogens (tertiary/aromatic N) is 3. The van der Waals surface area contributed by atoms with Crippen LogP contribution >= 0.6 is 11.3 Å². The number of halogens is 2. The topological polar surface area (TPSA) is 63.4 Å². The minimum Gasteiger partial charge on any atom is -0.432 e. The summed E-state index contributed by atoms with van der Waals surface area (Å²) in [6.07, 6.45) is 2.84. The Hall–Kier alpha value is -2.26. The summed E-state index contributed by atoms with van der Waals surface area (Å²) in [7, 11) is 0. The molecule has 2 bridgehead atoms. The third-order valence-electron chi connectivity index (χ3n) is 4.57. The van der Waals surface area contributed by atoms with Gasteiger partial charge in [0.15, 0.2) is 16.8 Å². The standard InChI is InChI=1S/C16H14F2N4O2S/c17-15(18)23-11-2-1-10(14-19-3-4-25-14)13-12(11)21-16(24-13)22-6-8-5-9(7-22)20-8/h1-4,8-9,15,20H,5-7H2. The molecule has 6 rings (SSSR count). The number of benzene rings is 1. The number of thiazole rings is 1. The molecule has 3 fully saturated rings. The number of oxazole rings is 1. The van der Waals surface area contributed by atoms with Crippen LogP contribution in [0.3, 0.4) is 0 Å². The second-order valence-corrected chi connectivity index (χ2v) is 7.10. The van der Waals surface area contributed by atoms with E-state index in [4.69, 9.17) is 4.42 Å². The van der Waals surface area contributed by atoms with Crippen LogP contribution in [0, 0.1) is 0 Å². The van der Waals surface area contributed by atoms with Crippen LogP contribution < -0.4 is 15.0 Å². The molecule has 1 aromatic carbocycles. The van der Waals surface area contributed by atoms with Gasteiger partial charge in [-0.2, -0.15) is 13.8 Å². The van der Waals surface area contributed by atoms with Crippen molar-refractivity contribution in [2.24, 2.45) is 0 Å². The Bertz CT molecular complexity index is 898. The largest absolute Gasteiger partial charge is 0.432 e. The van der Waals surface area contributed by atoms with Crippen LogP contribution in [0.25, 0.3) is 21.7 Å². The van der Waals surface area contributed by atoms with E-state index in [2.05, 4.69) is 20.0 Å². The molecule has 0 aliphatic carbocycles. The molecular formula is C16H14F2N4O2S. The first-order valence-electron chi connectivity index (χ1n) is 7.96. The highest BCUT2D eigenvalue weighted by molar-refractivity contribution is 7.13. The molecule has 3 aliphatic heterocycles. The van der Waals surface area contributed by atoms with Crippen LogP contribution in [-0.4, -0.2) is 41.8 Å². The first-order valence-corrected chi connectivity index (χ1v) is 8.84. The Balaban J connectivity index is 1.61. The fourth-order valence-corrected chi connectivity index (χ4v) is 4.15. The molecule has 6 nitrogen and oxygen atoms in total. The Morgan fingerprint density at radius 1 is 1.32 bits per heavy atom. The summed E-state index contributed by atoms with van der Waals surface area (Å²) >= 11 is 1.45. The van der Waals surface area contributed by atoms with Gasteiger partial charge in [-0.3, -0.25) is 0 Å². The van der Waals surface area contributed by atoms with Gasteiger partial charge in [0, 0.05) is 36.8 Å². The predicted octanol–water partition coefficient (Wildman–Crippen LogP) is 3.10. The number of fused-ring (bicyclic) bond motifs is 3. The SMILES string of the molecule is FC(F)Oc1ccc(-c2nccs2)c2oc(N3CC4CC(C3)N4)nc12.